The summed E-state index contributed by atoms with van der Waals surface area (Å²) >= 11 is 0. The van der Waals surface area contributed by atoms with E-state index in [9.17, 15) is 9.59 Å². The van der Waals surface area contributed by atoms with Crippen LogP contribution in [0.3, 0.4) is 0 Å². The zero-order valence-corrected chi connectivity index (χ0v) is 15.3. The van der Waals surface area contributed by atoms with E-state index < -0.39 is 5.97 Å². The lowest BCUT2D eigenvalue weighted by Gasteiger charge is -2.26. The van der Waals surface area contributed by atoms with E-state index in [1.807, 2.05) is 35.1 Å². The maximum Gasteiger partial charge on any atom is 0.343 e. The smallest absolute Gasteiger partial charge is 0.343 e. The van der Waals surface area contributed by atoms with Crippen LogP contribution in [0.25, 0.3) is 0 Å². The molecule has 2 aliphatic rings. The Morgan fingerprint density at radius 1 is 1.26 bits per heavy atom. The number of carbonyl (C=O) groups is 2. The molecule has 1 saturated carbocycles. The topological polar surface area (TPSA) is 82.4 Å². The molecule has 2 aromatic rings. The van der Waals surface area contributed by atoms with Crippen LogP contribution in [0, 0.1) is 0 Å². The van der Waals surface area contributed by atoms with Crippen LogP contribution in [0.5, 0.6) is 5.75 Å². The fraction of sp³-hybridized carbons (Fsp3) is 0.450. The molecule has 1 aromatic carbocycles. The van der Waals surface area contributed by atoms with E-state index in [0.29, 0.717) is 18.2 Å². The van der Waals surface area contributed by atoms with E-state index >= 15 is 0 Å². The number of anilines is 1. The Morgan fingerprint density at radius 3 is 2.81 bits per heavy atom. The van der Waals surface area contributed by atoms with Crippen molar-refractivity contribution in [3.63, 3.8) is 0 Å². The van der Waals surface area contributed by atoms with Gasteiger partial charge in [0.1, 0.15) is 11.6 Å². The number of carbonyl (C=O) groups excluding carboxylic acids is 2. The molecule has 7 nitrogen and oxygen atoms in total. The number of methoxy groups -OCH3 is 1. The monoisotopic (exact) mass is 369 g/mol. The zero-order valence-electron chi connectivity index (χ0n) is 15.3. The van der Waals surface area contributed by atoms with Gasteiger partial charge >= 0.3 is 5.97 Å². The highest BCUT2D eigenvalue weighted by atomic mass is 16.6. The van der Waals surface area contributed by atoms with E-state index in [4.69, 9.17) is 4.74 Å². The third-order valence-corrected chi connectivity index (χ3v) is 5.38. The molecule has 1 atom stereocenters. The predicted molar refractivity (Wildman–Crippen MR) is 98.8 cm³/mol. The summed E-state index contributed by atoms with van der Waals surface area (Å²) in [4.78, 5) is 23.9. The molecule has 0 unspecified atom stereocenters. The Labute approximate surface area is 157 Å². The standard InChI is InChI=1S/C20H23N3O4/c1-26-19(25)12-27-17-9-5-4-8-14(17)15-10-18(24)22-20-16(15)11-21-23(20)13-6-2-3-7-13/h4-5,8-9,11,13,15H,2-3,6-7,10,12H2,1H3,(H,22,24)/t15-/m0/s1. The number of esters is 1. The van der Waals surface area contributed by atoms with Crippen LogP contribution in [0.15, 0.2) is 30.5 Å². The van der Waals surface area contributed by atoms with Crippen LogP contribution in [0.2, 0.25) is 0 Å². The van der Waals surface area contributed by atoms with Gasteiger partial charge in [-0.05, 0) is 18.9 Å². The molecular weight excluding hydrogens is 346 g/mol. The molecule has 1 amide bonds. The summed E-state index contributed by atoms with van der Waals surface area (Å²) < 4.78 is 12.3. The average molecular weight is 369 g/mol. The van der Waals surface area contributed by atoms with Gasteiger partial charge in [0, 0.05) is 23.5 Å². The van der Waals surface area contributed by atoms with Crippen LogP contribution in [-0.2, 0) is 14.3 Å². The summed E-state index contributed by atoms with van der Waals surface area (Å²) in [5.74, 6) is 0.752. The number of nitrogens with one attached hydrogen (secondary N) is 1. The third-order valence-electron chi connectivity index (χ3n) is 5.38. The zero-order chi connectivity index (χ0) is 18.8. The lowest BCUT2D eigenvalue weighted by molar-refractivity contribution is -0.142. The Balaban J connectivity index is 1.68. The van der Waals surface area contributed by atoms with Crippen molar-refractivity contribution in [2.75, 3.05) is 19.0 Å². The molecule has 142 valence electrons. The second kappa shape index (κ2) is 7.42. The molecule has 1 aromatic heterocycles. The second-order valence-electron chi connectivity index (χ2n) is 7.04. The van der Waals surface area contributed by atoms with E-state index in [2.05, 4.69) is 15.2 Å². The van der Waals surface area contributed by atoms with Crippen LogP contribution in [-0.4, -0.2) is 35.4 Å². The average Bonchev–Trinajstić information content (AvgIpc) is 3.35. The molecular formula is C20H23N3O4. The highest BCUT2D eigenvalue weighted by Crippen LogP contribution is 2.43. The third kappa shape index (κ3) is 3.41. The molecule has 1 aliphatic carbocycles. The lowest BCUT2D eigenvalue weighted by atomic mass is 9.87. The van der Waals surface area contributed by atoms with Crippen molar-refractivity contribution in [1.82, 2.24) is 9.78 Å². The molecule has 1 fully saturated rings. The van der Waals surface area contributed by atoms with Crippen molar-refractivity contribution in [2.45, 2.75) is 44.1 Å². The fourth-order valence-corrected chi connectivity index (χ4v) is 4.04. The first-order valence-corrected chi connectivity index (χ1v) is 9.33. The number of benzene rings is 1. The van der Waals surface area contributed by atoms with Crippen molar-refractivity contribution >= 4 is 17.7 Å². The van der Waals surface area contributed by atoms with Crippen LogP contribution >= 0.6 is 0 Å². The summed E-state index contributed by atoms with van der Waals surface area (Å²) in [6.45, 7) is -0.166. The van der Waals surface area contributed by atoms with Gasteiger partial charge in [-0.25, -0.2) is 9.48 Å². The van der Waals surface area contributed by atoms with Crippen molar-refractivity contribution in [2.24, 2.45) is 0 Å². The van der Waals surface area contributed by atoms with Gasteiger partial charge in [-0.3, -0.25) is 4.79 Å². The Morgan fingerprint density at radius 2 is 2.04 bits per heavy atom. The summed E-state index contributed by atoms with van der Waals surface area (Å²) in [6.07, 6.45) is 6.75. The summed E-state index contributed by atoms with van der Waals surface area (Å²) in [7, 11) is 1.33. The number of hydrogen-bond acceptors (Lipinski definition) is 5. The maximum absolute atomic E-state index is 12.4. The molecule has 1 aliphatic heterocycles. The number of amides is 1. The maximum atomic E-state index is 12.4. The highest BCUT2D eigenvalue weighted by molar-refractivity contribution is 5.94. The number of hydrogen-bond donors (Lipinski definition) is 1. The minimum Gasteiger partial charge on any atom is -0.482 e. The first-order valence-electron chi connectivity index (χ1n) is 9.33. The molecule has 7 heteroatoms. The van der Waals surface area contributed by atoms with Gasteiger partial charge in [-0.2, -0.15) is 5.10 Å². The number of rotatable bonds is 5. The fourth-order valence-electron chi connectivity index (χ4n) is 4.04. The molecule has 0 bridgehead atoms. The van der Waals surface area contributed by atoms with Gasteiger partial charge in [0.15, 0.2) is 6.61 Å². The van der Waals surface area contributed by atoms with Gasteiger partial charge in [0.05, 0.1) is 19.3 Å². The van der Waals surface area contributed by atoms with Gasteiger partial charge in [-0.1, -0.05) is 31.0 Å². The minimum atomic E-state index is -0.444. The van der Waals surface area contributed by atoms with Crippen molar-refractivity contribution in [3.05, 3.63) is 41.6 Å². The number of nitrogens with zero attached hydrogens (tertiary/aromatic N) is 2. The van der Waals surface area contributed by atoms with Gasteiger partial charge in [0.2, 0.25) is 5.91 Å². The quantitative estimate of drug-likeness (QED) is 0.819. The SMILES string of the molecule is COC(=O)COc1ccccc1[C@@H]1CC(=O)Nc2c1cnn2C1CCCC1. The van der Waals surface area contributed by atoms with Crippen LogP contribution in [0.4, 0.5) is 5.82 Å². The summed E-state index contributed by atoms with van der Waals surface area (Å²) in [5.41, 5.74) is 1.87. The van der Waals surface area contributed by atoms with Crippen LogP contribution < -0.4 is 10.1 Å². The lowest BCUT2D eigenvalue weighted by Crippen LogP contribution is -2.26. The molecule has 0 saturated heterocycles. The Kier molecular flexibility index (Phi) is 4.83. The van der Waals surface area contributed by atoms with E-state index in [0.717, 1.165) is 29.8 Å². The van der Waals surface area contributed by atoms with Gasteiger partial charge in [0.25, 0.3) is 0 Å². The first kappa shape index (κ1) is 17.6. The largest absolute Gasteiger partial charge is 0.482 e. The van der Waals surface area contributed by atoms with E-state index in [-0.39, 0.29) is 18.4 Å². The molecule has 0 spiro atoms. The van der Waals surface area contributed by atoms with Crippen molar-refractivity contribution in [3.8, 4) is 5.75 Å². The number of ether oxygens (including phenoxy) is 2. The van der Waals surface area contributed by atoms with Crippen molar-refractivity contribution < 1.29 is 19.1 Å². The summed E-state index contributed by atoms with van der Waals surface area (Å²) in [6, 6.07) is 7.85. The molecule has 4 rings (SSSR count). The van der Waals surface area contributed by atoms with Crippen LogP contribution in [0.1, 0.15) is 55.2 Å². The molecule has 0 radical (unpaired) electrons. The number of para-hydroxylation sites is 1. The van der Waals surface area contributed by atoms with E-state index in [1.54, 1.807) is 0 Å². The minimum absolute atomic E-state index is 0.0324. The van der Waals surface area contributed by atoms with Gasteiger partial charge < -0.3 is 14.8 Å². The highest BCUT2D eigenvalue weighted by Gasteiger charge is 2.33. The Hall–Kier alpha value is -2.83. The summed E-state index contributed by atoms with van der Waals surface area (Å²) in [5, 5.41) is 7.60. The number of aromatic nitrogens is 2. The van der Waals surface area contributed by atoms with Gasteiger partial charge in [-0.15, -0.1) is 0 Å². The molecule has 27 heavy (non-hydrogen) atoms. The normalized spacial score (nSPS) is 19.4. The second-order valence-corrected chi connectivity index (χ2v) is 7.04. The first-order chi connectivity index (χ1) is 13.2. The van der Waals surface area contributed by atoms with E-state index in [1.165, 1.54) is 20.0 Å². The number of fused-ring (bicyclic) bond motifs is 1. The van der Waals surface area contributed by atoms with Crippen molar-refractivity contribution in [1.29, 1.82) is 0 Å². The molecule has 2 heterocycles. The Bertz CT molecular complexity index is 855. The predicted octanol–water partition coefficient (Wildman–Crippen LogP) is 3.02. The molecule has 1 N–H and O–H groups in total.